The van der Waals surface area contributed by atoms with E-state index in [1.807, 2.05) is 24.3 Å². The summed E-state index contributed by atoms with van der Waals surface area (Å²) < 4.78 is 0. The van der Waals surface area contributed by atoms with E-state index in [1.165, 1.54) is 37.1 Å². The molecule has 0 unspecified atom stereocenters. The fraction of sp³-hybridized carbons (Fsp3) is 0.294. The fourth-order valence-electron chi connectivity index (χ4n) is 2.20. The van der Waals surface area contributed by atoms with Crippen molar-refractivity contribution in [3.05, 3.63) is 53.3 Å². The van der Waals surface area contributed by atoms with E-state index in [2.05, 4.69) is 17.2 Å². The highest BCUT2D eigenvalue weighted by Crippen LogP contribution is 2.14. The number of hydrogen-bond donors (Lipinski definition) is 3. The number of carbonyl (C=O) groups excluding carboxylic acids is 2. The molecular formula is C17H21N3O2. The molecule has 0 saturated carbocycles. The summed E-state index contributed by atoms with van der Waals surface area (Å²) in [4.78, 5) is 25.7. The lowest BCUT2D eigenvalue weighted by Crippen LogP contribution is -2.12. The fourth-order valence-corrected chi connectivity index (χ4v) is 2.20. The average molecular weight is 299 g/mol. The summed E-state index contributed by atoms with van der Waals surface area (Å²) in [6.45, 7) is 2.18. The number of H-pyrrole nitrogens is 1. The van der Waals surface area contributed by atoms with Crippen molar-refractivity contribution >= 4 is 17.5 Å². The monoisotopic (exact) mass is 299 g/mol. The average Bonchev–Trinajstić information content (AvgIpc) is 2.99. The highest BCUT2D eigenvalue weighted by Gasteiger charge is 2.11. The van der Waals surface area contributed by atoms with Gasteiger partial charge in [-0.25, -0.2) is 0 Å². The quantitative estimate of drug-likeness (QED) is 0.686. The molecule has 22 heavy (non-hydrogen) atoms. The van der Waals surface area contributed by atoms with Crippen LogP contribution in [0.3, 0.4) is 0 Å². The molecule has 1 heterocycles. The highest BCUT2D eigenvalue weighted by molar-refractivity contribution is 6.05. The summed E-state index contributed by atoms with van der Waals surface area (Å²) in [5.41, 5.74) is 7.73. The van der Waals surface area contributed by atoms with E-state index in [4.69, 9.17) is 5.73 Å². The molecule has 5 heteroatoms. The molecule has 1 aromatic carbocycles. The maximum absolute atomic E-state index is 12.1. The Bertz CT molecular complexity index is 644. The number of benzene rings is 1. The second kappa shape index (κ2) is 7.45. The zero-order chi connectivity index (χ0) is 15.9. The third kappa shape index (κ3) is 4.22. The Hall–Kier alpha value is -2.56. The van der Waals surface area contributed by atoms with Crippen molar-refractivity contribution in [1.29, 1.82) is 0 Å². The number of aromatic amines is 1. The summed E-state index contributed by atoms with van der Waals surface area (Å²) in [5.74, 6) is -0.863. The van der Waals surface area contributed by atoms with Crippen molar-refractivity contribution in [2.24, 2.45) is 5.73 Å². The number of rotatable bonds is 7. The second-order valence-electron chi connectivity index (χ2n) is 5.27. The first-order valence-electron chi connectivity index (χ1n) is 7.48. The van der Waals surface area contributed by atoms with Crippen molar-refractivity contribution in [2.75, 3.05) is 5.32 Å². The molecule has 0 bridgehead atoms. The van der Waals surface area contributed by atoms with Gasteiger partial charge in [-0.05, 0) is 36.6 Å². The van der Waals surface area contributed by atoms with Crippen molar-refractivity contribution in [3.8, 4) is 0 Å². The predicted octanol–water partition coefficient (Wildman–Crippen LogP) is 3.10. The molecule has 0 radical (unpaired) electrons. The van der Waals surface area contributed by atoms with Gasteiger partial charge in [-0.15, -0.1) is 0 Å². The zero-order valence-electron chi connectivity index (χ0n) is 12.7. The number of unbranched alkanes of at least 4 members (excludes halogenated alkanes) is 2. The van der Waals surface area contributed by atoms with Crippen LogP contribution in [0.15, 0.2) is 36.5 Å². The molecule has 0 saturated heterocycles. The topological polar surface area (TPSA) is 88.0 Å². The van der Waals surface area contributed by atoms with E-state index < -0.39 is 5.91 Å². The molecule has 0 aliphatic heterocycles. The highest BCUT2D eigenvalue weighted by atomic mass is 16.2. The van der Waals surface area contributed by atoms with Gasteiger partial charge in [-0.3, -0.25) is 9.59 Å². The van der Waals surface area contributed by atoms with Gasteiger partial charge < -0.3 is 16.0 Å². The van der Waals surface area contributed by atoms with Crippen LogP contribution in [0.5, 0.6) is 0 Å². The normalized spacial score (nSPS) is 10.4. The van der Waals surface area contributed by atoms with Gasteiger partial charge in [0.15, 0.2) is 0 Å². The van der Waals surface area contributed by atoms with Gasteiger partial charge in [0.25, 0.3) is 11.8 Å². The molecule has 2 amide bonds. The molecule has 4 N–H and O–H groups in total. The number of anilines is 1. The Morgan fingerprint density at radius 2 is 1.91 bits per heavy atom. The minimum Gasteiger partial charge on any atom is -0.364 e. The zero-order valence-corrected chi connectivity index (χ0v) is 12.7. The molecule has 0 atom stereocenters. The summed E-state index contributed by atoms with van der Waals surface area (Å²) >= 11 is 0. The number of primary amides is 1. The summed E-state index contributed by atoms with van der Waals surface area (Å²) in [6, 6.07) is 9.27. The van der Waals surface area contributed by atoms with Gasteiger partial charge in [0.05, 0.1) is 5.56 Å². The summed E-state index contributed by atoms with van der Waals surface area (Å²) in [7, 11) is 0. The largest absolute Gasteiger partial charge is 0.364 e. The van der Waals surface area contributed by atoms with Gasteiger partial charge in [0.2, 0.25) is 0 Å². The Balaban J connectivity index is 1.94. The Kier molecular flexibility index (Phi) is 5.36. The number of aromatic nitrogens is 1. The van der Waals surface area contributed by atoms with Crippen molar-refractivity contribution < 1.29 is 9.59 Å². The lowest BCUT2D eigenvalue weighted by atomic mass is 10.1. The van der Waals surface area contributed by atoms with Crippen LogP contribution in [-0.2, 0) is 6.42 Å². The van der Waals surface area contributed by atoms with Gasteiger partial charge in [0, 0.05) is 11.9 Å². The number of carbonyl (C=O) groups is 2. The maximum Gasteiger partial charge on any atom is 0.265 e. The molecule has 0 spiro atoms. The minimum absolute atomic E-state index is 0.219. The summed E-state index contributed by atoms with van der Waals surface area (Å²) in [5, 5.41) is 2.79. The molecule has 116 valence electrons. The van der Waals surface area contributed by atoms with Crippen LogP contribution in [0.4, 0.5) is 5.69 Å². The number of aryl methyl sites for hydroxylation is 1. The SMILES string of the molecule is CCCCCc1ccc(NC(=O)c2c[nH]c(C(N)=O)c2)cc1. The van der Waals surface area contributed by atoms with Gasteiger partial charge in [0.1, 0.15) is 5.69 Å². The molecule has 1 aromatic heterocycles. The van der Waals surface area contributed by atoms with E-state index in [0.717, 1.165) is 12.1 Å². The van der Waals surface area contributed by atoms with Crippen LogP contribution in [-0.4, -0.2) is 16.8 Å². The first kappa shape index (κ1) is 15.8. The van der Waals surface area contributed by atoms with Crippen LogP contribution < -0.4 is 11.1 Å². The van der Waals surface area contributed by atoms with Crippen molar-refractivity contribution in [3.63, 3.8) is 0 Å². The molecule has 0 aliphatic rings. The summed E-state index contributed by atoms with van der Waals surface area (Å²) in [6.07, 6.45) is 6.14. The van der Waals surface area contributed by atoms with Gasteiger partial charge in [-0.1, -0.05) is 31.9 Å². The van der Waals surface area contributed by atoms with Gasteiger partial charge >= 0.3 is 0 Å². The molecule has 0 aliphatic carbocycles. The third-order valence-electron chi connectivity index (χ3n) is 3.49. The first-order chi connectivity index (χ1) is 10.6. The van der Waals surface area contributed by atoms with Crippen LogP contribution in [0, 0.1) is 0 Å². The minimum atomic E-state index is -0.588. The van der Waals surface area contributed by atoms with E-state index in [9.17, 15) is 9.59 Å². The number of amides is 2. The van der Waals surface area contributed by atoms with E-state index in [0.29, 0.717) is 5.56 Å². The van der Waals surface area contributed by atoms with Crippen molar-refractivity contribution in [2.45, 2.75) is 32.6 Å². The molecule has 2 aromatic rings. The van der Waals surface area contributed by atoms with E-state index in [-0.39, 0.29) is 11.6 Å². The Morgan fingerprint density at radius 1 is 1.18 bits per heavy atom. The molecule has 0 fully saturated rings. The third-order valence-corrected chi connectivity index (χ3v) is 3.49. The number of hydrogen-bond acceptors (Lipinski definition) is 2. The molecular weight excluding hydrogens is 278 g/mol. The van der Waals surface area contributed by atoms with Crippen LogP contribution in [0.2, 0.25) is 0 Å². The second-order valence-corrected chi connectivity index (χ2v) is 5.27. The van der Waals surface area contributed by atoms with E-state index in [1.54, 1.807) is 0 Å². The number of nitrogens with one attached hydrogen (secondary N) is 2. The van der Waals surface area contributed by atoms with Crippen LogP contribution in [0.25, 0.3) is 0 Å². The van der Waals surface area contributed by atoms with Crippen LogP contribution >= 0.6 is 0 Å². The van der Waals surface area contributed by atoms with Crippen LogP contribution in [0.1, 0.15) is 52.6 Å². The molecule has 2 rings (SSSR count). The lowest BCUT2D eigenvalue weighted by Gasteiger charge is -2.05. The maximum atomic E-state index is 12.1. The lowest BCUT2D eigenvalue weighted by molar-refractivity contribution is 0.0995. The Labute approximate surface area is 129 Å². The first-order valence-corrected chi connectivity index (χ1v) is 7.48. The predicted molar refractivity (Wildman–Crippen MR) is 86.9 cm³/mol. The standard InChI is InChI=1S/C17H21N3O2/c1-2-3-4-5-12-6-8-14(9-7-12)20-17(22)13-10-15(16(18)21)19-11-13/h6-11,19H,2-5H2,1H3,(H2,18,21)(H,20,22). The number of nitrogens with two attached hydrogens (primary N) is 1. The smallest absolute Gasteiger partial charge is 0.265 e. The van der Waals surface area contributed by atoms with Gasteiger partial charge in [-0.2, -0.15) is 0 Å². The van der Waals surface area contributed by atoms with Crippen molar-refractivity contribution in [1.82, 2.24) is 4.98 Å². The molecule has 5 nitrogen and oxygen atoms in total. The Morgan fingerprint density at radius 3 is 2.50 bits per heavy atom. The van der Waals surface area contributed by atoms with E-state index >= 15 is 0 Å².